The molecule has 1 aliphatic carbocycles. The van der Waals surface area contributed by atoms with Crippen molar-refractivity contribution in [2.24, 2.45) is 5.73 Å². The van der Waals surface area contributed by atoms with Crippen LogP contribution in [-0.4, -0.2) is 38.6 Å². The van der Waals surface area contributed by atoms with Crippen LogP contribution in [0.3, 0.4) is 0 Å². The summed E-state index contributed by atoms with van der Waals surface area (Å²) in [5, 5.41) is 0.880. The largest absolute Gasteiger partial charge is 0.370 e. The summed E-state index contributed by atoms with van der Waals surface area (Å²) in [6, 6.07) is 10.3. The summed E-state index contributed by atoms with van der Waals surface area (Å²) in [4.78, 5) is 29.8. The molecule has 0 radical (unpaired) electrons. The maximum Gasteiger partial charge on any atom is 0.233 e. The molecule has 0 atom stereocenters. The summed E-state index contributed by atoms with van der Waals surface area (Å²) in [6.45, 7) is 0.811. The molecule has 3 rings (SSSR count). The number of aromatic nitrogens is 2. The molecule has 1 aromatic carbocycles. The Morgan fingerprint density at radius 3 is 2.72 bits per heavy atom. The van der Waals surface area contributed by atoms with E-state index in [0.717, 1.165) is 10.7 Å². The van der Waals surface area contributed by atoms with Gasteiger partial charge in [-0.25, -0.2) is 4.98 Å². The molecule has 1 saturated carbocycles. The van der Waals surface area contributed by atoms with Gasteiger partial charge in [-0.15, -0.1) is 0 Å². The monoisotopic (exact) mass is 358 g/mol. The minimum Gasteiger partial charge on any atom is -0.370 e. The predicted molar refractivity (Wildman–Crippen MR) is 96.9 cm³/mol. The van der Waals surface area contributed by atoms with Crippen molar-refractivity contribution < 1.29 is 9.59 Å². The first-order valence-corrected chi connectivity index (χ1v) is 9.37. The van der Waals surface area contributed by atoms with Gasteiger partial charge in [0.25, 0.3) is 0 Å². The van der Waals surface area contributed by atoms with E-state index in [9.17, 15) is 9.59 Å². The van der Waals surface area contributed by atoms with E-state index in [1.54, 1.807) is 11.1 Å². The first-order chi connectivity index (χ1) is 12.1. The van der Waals surface area contributed by atoms with E-state index in [2.05, 4.69) is 9.55 Å². The van der Waals surface area contributed by atoms with Crippen molar-refractivity contribution in [3.63, 3.8) is 0 Å². The van der Waals surface area contributed by atoms with E-state index in [-0.39, 0.29) is 12.3 Å². The highest BCUT2D eigenvalue weighted by molar-refractivity contribution is 7.99. The van der Waals surface area contributed by atoms with Gasteiger partial charge in [0.1, 0.15) is 0 Å². The van der Waals surface area contributed by atoms with Crippen molar-refractivity contribution in [1.82, 2.24) is 14.5 Å². The highest BCUT2D eigenvalue weighted by Crippen LogP contribution is 2.37. The first-order valence-electron chi connectivity index (χ1n) is 8.39. The number of amides is 2. The molecule has 2 amide bonds. The van der Waals surface area contributed by atoms with Gasteiger partial charge in [-0.05, 0) is 18.4 Å². The lowest BCUT2D eigenvalue weighted by Crippen LogP contribution is -2.34. The lowest BCUT2D eigenvalue weighted by atomic mass is 10.2. The average Bonchev–Trinajstić information content (AvgIpc) is 3.35. The molecule has 0 aliphatic heterocycles. The van der Waals surface area contributed by atoms with E-state index in [4.69, 9.17) is 5.73 Å². The number of hydrogen-bond donors (Lipinski definition) is 1. The molecule has 7 heteroatoms. The van der Waals surface area contributed by atoms with Gasteiger partial charge in [-0.3, -0.25) is 9.59 Å². The van der Waals surface area contributed by atoms with Gasteiger partial charge in [0, 0.05) is 37.9 Å². The molecule has 1 heterocycles. The topological polar surface area (TPSA) is 81.2 Å². The second-order valence-electron chi connectivity index (χ2n) is 6.15. The summed E-state index contributed by atoms with van der Waals surface area (Å²) < 4.78 is 2.14. The molecule has 1 fully saturated rings. The number of thioether (sulfide) groups is 1. The molecular formula is C18H22N4O2S. The highest BCUT2D eigenvalue weighted by Gasteiger charge is 2.26. The highest BCUT2D eigenvalue weighted by atomic mass is 32.2. The van der Waals surface area contributed by atoms with E-state index in [1.807, 2.05) is 36.5 Å². The van der Waals surface area contributed by atoms with Gasteiger partial charge < -0.3 is 15.2 Å². The molecule has 0 unspecified atom stereocenters. The average molecular weight is 358 g/mol. The van der Waals surface area contributed by atoms with E-state index in [1.165, 1.54) is 24.6 Å². The summed E-state index contributed by atoms with van der Waals surface area (Å²) in [7, 11) is 0. The van der Waals surface area contributed by atoms with Gasteiger partial charge in [-0.1, -0.05) is 42.1 Å². The predicted octanol–water partition coefficient (Wildman–Crippen LogP) is 2.21. The van der Waals surface area contributed by atoms with Crippen molar-refractivity contribution in [1.29, 1.82) is 0 Å². The van der Waals surface area contributed by atoms with E-state index < -0.39 is 5.91 Å². The van der Waals surface area contributed by atoms with Crippen LogP contribution in [0.15, 0.2) is 47.9 Å². The molecule has 132 valence electrons. The number of nitrogens with two attached hydrogens (primary N) is 1. The maximum absolute atomic E-state index is 12.7. The van der Waals surface area contributed by atoms with Crippen molar-refractivity contribution >= 4 is 23.6 Å². The van der Waals surface area contributed by atoms with Crippen LogP contribution >= 0.6 is 11.8 Å². The molecule has 1 aliphatic rings. The fourth-order valence-corrected chi connectivity index (χ4v) is 3.53. The minimum atomic E-state index is -0.400. The quantitative estimate of drug-likeness (QED) is 0.697. The van der Waals surface area contributed by atoms with Crippen LogP contribution in [0.1, 0.15) is 30.9 Å². The van der Waals surface area contributed by atoms with Crippen LogP contribution in [0.25, 0.3) is 0 Å². The van der Waals surface area contributed by atoms with Gasteiger partial charge in [0.2, 0.25) is 11.8 Å². The second kappa shape index (κ2) is 8.20. The molecule has 6 nitrogen and oxygen atoms in total. The minimum absolute atomic E-state index is 0.0135. The number of imidazole rings is 1. The fourth-order valence-electron chi connectivity index (χ4n) is 2.60. The van der Waals surface area contributed by atoms with Gasteiger partial charge in [0.15, 0.2) is 5.16 Å². The third-order valence-corrected chi connectivity index (χ3v) is 5.06. The standard InChI is InChI=1S/C18H22N4O2S/c19-16(23)8-10-21(12-14-4-2-1-3-5-14)17(24)13-25-18-20-9-11-22(18)15-6-7-15/h1-5,9,11,15H,6-8,10,12-13H2,(H2,19,23). The third kappa shape index (κ3) is 5.09. The van der Waals surface area contributed by atoms with Crippen molar-refractivity contribution in [3.8, 4) is 0 Å². The Balaban J connectivity index is 1.61. The zero-order chi connectivity index (χ0) is 17.6. The Bertz CT molecular complexity index is 728. The molecule has 0 spiro atoms. The fraction of sp³-hybridized carbons (Fsp3) is 0.389. The zero-order valence-electron chi connectivity index (χ0n) is 14.0. The molecule has 1 aromatic heterocycles. The van der Waals surface area contributed by atoms with Crippen LogP contribution in [0, 0.1) is 0 Å². The van der Waals surface area contributed by atoms with Crippen LogP contribution in [-0.2, 0) is 16.1 Å². The number of hydrogen-bond acceptors (Lipinski definition) is 4. The molecule has 2 N–H and O–H groups in total. The van der Waals surface area contributed by atoms with E-state index >= 15 is 0 Å². The van der Waals surface area contributed by atoms with Gasteiger partial charge >= 0.3 is 0 Å². The van der Waals surface area contributed by atoms with Crippen LogP contribution in [0.5, 0.6) is 0 Å². The molecule has 0 saturated heterocycles. The number of nitrogens with zero attached hydrogens (tertiary/aromatic N) is 3. The Morgan fingerprint density at radius 1 is 1.28 bits per heavy atom. The van der Waals surface area contributed by atoms with Crippen molar-refractivity contribution in [2.75, 3.05) is 12.3 Å². The molecular weight excluding hydrogens is 336 g/mol. The SMILES string of the molecule is NC(=O)CCN(Cc1ccccc1)C(=O)CSc1nccn1C1CC1. The van der Waals surface area contributed by atoms with E-state index in [0.29, 0.717) is 24.9 Å². The lowest BCUT2D eigenvalue weighted by molar-refractivity contribution is -0.129. The van der Waals surface area contributed by atoms with Crippen LogP contribution < -0.4 is 5.73 Å². The summed E-state index contributed by atoms with van der Waals surface area (Å²) >= 11 is 1.45. The third-order valence-electron chi connectivity index (χ3n) is 4.10. The number of rotatable bonds is 9. The summed E-state index contributed by atoms with van der Waals surface area (Å²) in [5.74, 6) is -0.113. The molecule has 25 heavy (non-hydrogen) atoms. The Morgan fingerprint density at radius 2 is 2.04 bits per heavy atom. The van der Waals surface area contributed by atoms with Crippen molar-refractivity contribution in [2.45, 2.75) is 37.0 Å². The van der Waals surface area contributed by atoms with Crippen LogP contribution in [0.4, 0.5) is 0 Å². The second-order valence-corrected chi connectivity index (χ2v) is 7.10. The Kier molecular flexibility index (Phi) is 5.75. The molecule has 2 aromatic rings. The number of benzene rings is 1. The lowest BCUT2D eigenvalue weighted by Gasteiger charge is -2.22. The smallest absolute Gasteiger partial charge is 0.233 e. The van der Waals surface area contributed by atoms with Crippen LogP contribution in [0.2, 0.25) is 0 Å². The first kappa shape index (κ1) is 17.5. The Labute approximate surface area is 151 Å². The van der Waals surface area contributed by atoms with Gasteiger partial charge in [-0.2, -0.15) is 0 Å². The Hall–Kier alpha value is -2.28. The van der Waals surface area contributed by atoms with Gasteiger partial charge in [0.05, 0.1) is 5.75 Å². The number of primary amides is 1. The molecule has 0 bridgehead atoms. The number of carbonyl (C=O) groups is 2. The summed E-state index contributed by atoms with van der Waals surface area (Å²) in [6.07, 6.45) is 6.27. The normalized spacial score (nSPS) is 13.6. The zero-order valence-corrected chi connectivity index (χ0v) is 14.8. The number of carbonyl (C=O) groups excluding carboxylic acids is 2. The maximum atomic E-state index is 12.7. The summed E-state index contributed by atoms with van der Waals surface area (Å²) in [5.41, 5.74) is 6.28. The van der Waals surface area contributed by atoms with Crippen molar-refractivity contribution in [3.05, 3.63) is 48.3 Å².